The van der Waals surface area contributed by atoms with Crippen LogP contribution in [0.1, 0.15) is 18.3 Å². The molecular formula is C19H19Cl2N3. The molecule has 0 radical (unpaired) electrons. The minimum absolute atomic E-state index is 0.474. The van der Waals surface area contributed by atoms with E-state index in [1.54, 1.807) is 12.1 Å². The molecule has 5 heteroatoms. The summed E-state index contributed by atoms with van der Waals surface area (Å²) in [6.45, 7) is 9.09. The Balaban J connectivity index is 0.000000647. The molecule has 3 nitrogen and oxygen atoms in total. The highest BCUT2D eigenvalue weighted by Gasteiger charge is 2.13. The zero-order valence-electron chi connectivity index (χ0n) is 13.9. The number of halogens is 2. The van der Waals surface area contributed by atoms with E-state index in [0.29, 0.717) is 21.7 Å². The topological polar surface area (TPSA) is 51.8 Å². The number of fused-ring (bicyclic) bond motifs is 1. The van der Waals surface area contributed by atoms with Gasteiger partial charge in [0.2, 0.25) is 0 Å². The quantitative estimate of drug-likeness (QED) is 0.542. The Labute approximate surface area is 152 Å². The molecule has 0 unspecified atom stereocenters. The van der Waals surface area contributed by atoms with Crippen LogP contribution in [0.2, 0.25) is 10.0 Å². The number of nitrogens with two attached hydrogens (primary N) is 1. The fourth-order valence-electron chi connectivity index (χ4n) is 2.42. The van der Waals surface area contributed by atoms with Crippen LogP contribution in [0.4, 0.5) is 5.82 Å². The van der Waals surface area contributed by atoms with E-state index in [1.807, 2.05) is 45.0 Å². The zero-order valence-corrected chi connectivity index (χ0v) is 15.4. The first-order valence-electron chi connectivity index (χ1n) is 7.45. The van der Waals surface area contributed by atoms with Crippen molar-refractivity contribution in [3.05, 3.63) is 64.4 Å². The Bertz CT molecular complexity index is 905. The Morgan fingerprint density at radius 1 is 1.04 bits per heavy atom. The molecule has 0 aliphatic heterocycles. The van der Waals surface area contributed by atoms with E-state index in [0.717, 1.165) is 27.6 Å². The van der Waals surface area contributed by atoms with Crippen LogP contribution >= 0.6 is 23.2 Å². The molecule has 0 spiro atoms. The second-order valence-electron chi connectivity index (χ2n) is 5.35. The van der Waals surface area contributed by atoms with Crippen molar-refractivity contribution in [2.24, 2.45) is 0 Å². The van der Waals surface area contributed by atoms with Crippen LogP contribution in [0.15, 0.2) is 43.0 Å². The summed E-state index contributed by atoms with van der Waals surface area (Å²) in [5, 5.41) is 1.88. The van der Waals surface area contributed by atoms with E-state index in [9.17, 15) is 0 Å². The van der Waals surface area contributed by atoms with Crippen LogP contribution in [-0.2, 0) is 0 Å². The number of nitrogen functional groups attached to an aromatic ring is 1. The predicted octanol–water partition coefficient (Wildman–Crippen LogP) is 5.99. The molecule has 2 aromatic carbocycles. The number of aromatic nitrogens is 2. The van der Waals surface area contributed by atoms with Crippen LogP contribution in [0.5, 0.6) is 0 Å². The van der Waals surface area contributed by atoms with Gasteiger partial charge < -0.3 is 5.73 Å². The molecule has 1 heterocycles. The van der Waals surface area contributed by atoms with Crippen LogP contribution in [0.3, 0.4) is 0 Å². The Morgan fingerprint density at radius 2 is 1.71 bits per heavy atom. The molecular weight excluding hydrogens is 341 g/mol. The van der Waals surface area contributed by atoms with Crippen molar-refractivity contribution in [1.29, 1.82) is 0 Å². The maximum atomic E-state index is 6.12. The first kappa shape index (κ1) is 18.2. The number of allylic oxidation sites excluding steroid dienone is 1. The smallest absolute Gasteiger partial charge is 0.135 e. The van der Waals surface area contributed by atoms with Gasteiger partial charge in [0.25, 0.3) is 0 Å². The lowest BCUT2D eigenvalue weighted by Gasteiger charge is -2.12. The summed E-state index contributed by atoms with van der Waals surface area (Å²) in [5.41, 5.74) is 9.94. The molecule has 0 aliphatic carbocycles. The van der Waals surface area contributed by atoms with Gasteiger partial charge in [0.1, 0.15) is 11.6 Å². The van der Waals surface area contributed by atoms with E-state index in [-0.39, 0.29) is 0 Å². The maximum Gasteiger partial charge on any atom is 0.135 e. The second kappa shape index (κ2) is 7.65. The summed E-state index contributed by atoms with van der Waals surface area (Å²) in [6.07, 6.45) is 1.75. The number of hydrogen-bond donors (Lipinski definition) is 1. The fourth-order valence-corrected chi connectivity index (χ4v) is 2.72. The zero-order chi connectivity index (χ0) is 17.9. The summed E-state index contributed by atoms with van der Waals surface area (Å²) in [6, 6.07) is 9.54. The minimum Gasteiger partial charge on any atom is -0.383 e. The predicted molar refractivity (Wildman–Crippen MR) is 105 cm³/mol. The number of hydrogen-bond acceptors (Lipinski definition) is 3. The maximum absolute atomic E-state index is 6.12. The van der Waals surface area contributed by atoms with Gasteiger partial charge in [-0.1, -0.05) is 47.5 Å². The van der Waals surface area contributed by atoms with Crippen molar-refractivity contribution >= 4 is 39.9 Å². The van der Waals surface area contributed by atoms with E-state index < -0.39 is 0 Å². The standard InChI is InChI=1S/C16H13Cl2N3.C3H6/c1-8-3-5-11(10-4-6-12(17)13(18)7-10)14-15(8)20-9(2)21-16(14)19;1-3-2/h3-7H,1-2H3,(H2,19,20,21);3H,1H2,2H3. The van der Waals surface area contributed by atoms with E-state index in [1.165, 1.54) is 0 Å². The lowest BCUT2D eigenvalue weighted by atomic mass is 9.98. The third kappa shape index (κ3) is 3.69. The highest BCUT2D eigenvalue weighted by atomic mass is 35.5. The fraction of sp³-hybridized carbons (Fsp3) is 0.158. The van der Waals surface area contributed by atoms with Crippen LogP contribution in [-0.4, -0.2) is 9.97 Å². The van der Waals surface area contributed by atoms with Gasteiger partial charge >= 0.3 is 0 Å². The second-order valence-corrected chi connectivity index (χ2v) is 6.16. The molecule has 0 atom stereocenters. The number of aryl methyl sites for hydroxylation is 2. The SMILES string of the molecule is C=CC.Cc1nc(N)c2c(-c3ccc(Cl)c(Cl)c3)ccc(C)c2n1. The summed E-state index contributed by atoms with van der Waals surface area (Å²) < 4.78 is 0. The Morgan fingerprint density at radius 3 is 2.33 bits per heavy atom. The lowest BCUT2D eigenvalue weighted by Crippen LogP contribution is -2.00. The normalized spacial score (nSPS) is 10.2. The van der Waals surface area contributed by atoms with Gasteiger partial charge in [-0.2, -0.15) is 0 Å². The molecule has 0 saturated heterocycles. The van der Waals surface area contributed by atoms with Gasteiger partial charge in [-0.3, -0.25) is 0 Å². The number of anilines is 1. The van der Waals surface area contributed by atoms with Gasteiger partial charge in [0, 0.05) is 0 Å². The van der Waals surface area contributed by atoms with Crippen molar-refractivity contribution in [2.75, 3.05) is 5.73 Å². The Hall–Kier alpha value is -2.10. The highest BCUT2D eigenvalue weighted by molar-refractivity contribution is 6.42. The number of nitrogens with zero attached hydrogens (tertiary/aromatic N) is 2. The summed E-state index contributed by atoms with van der Waals surface area (Å²) in [7, 11) is 0. The third-order valence-electron chi connectivity index (χ3n) is 3.42. The summed E-state index contributed by atoms with van der Waals surface area (Å²) in [5.74, 6) is 1.14. The molecule has 1 aromatic heterocycles. The largest absolute Gasteiger partial charge is 0.383 e. The molecule has 0 bridgehead atoms. The van der Waals surface area contributed by atoms with Crippen molar-refractivity contribution in [2.45, 2.75) is 20.8 Å². The first-order valence-corrected chi connectivity index (χ1v) is 8.20. The third-order valence-corrected chi connectivity index (χ3v) is 4.16. The molecule has 3 aromatic rings. The van der Waals surface area contributed by atoms with Crippen molar-refractivity contribution in [1.82, 2.24) is 9.97 Å². The molecule has 24 heavy (non-hydrogen) atoms. The average Bonchev–Trinajstić information content (AvgIpc) is 2.52. The van der Waals surface area contributed by atoms with E-state index >= 15 is 0 Å². The van der Waals surface area contributed by atoms with Gasteiger partial charge in [0.05, 0.1) is 20.9 Å². The van der Waals surface area contributed by atoms with Gasteiger partial charge in [0.15, 0.2) is 0 Å². The van der Waals surface area contributed by atoms with Gasteiger partial charge in [-0.15, -0.1) is 6.58 Å². The minimum atomic E-state index is 0.474. The molecule has 124 valence electrons. The summed E-state index contributed by atoms with van der Waals surface area (Å²) >= 11 is 12.1. The molecule has 0 saturated carbocycles. The molecule has 3 rings (SSSR count). The molecule has 0 aliphatic rings. The van der Waals surface area contributed by atoms with E-state index in [2.05, 4.69) is 16.5 Å². The molecule has 2 N–H and O–H groups in total. The van der Waals surface area contributed by atoms with Crippen LogP contribution in [0, 0.1) is 13.8 Å². The van der Waals surface area contributed by atoms with Crippen molar-refractivity contribution in [3.63, 3.8) is 0 Å². The van der Waals surface area contributed by atoms with Crippen LogP contribution < -0.4 is 5.73 Å². The average molecular weight is 360 g/mol. The van der Waals surface area contributed by atoms with Gasteiger partial charge in [-0.25, -0.2) is 9.97 Å². The summed E-state index contributed by atoms with van der Waals surface area (Å²) in [4.78, 5) is 8.79. The monoisotopic (exact) mass is 359 g/mol. The van der Waals surface area contributed by atoms with E-state index in [4.69, 9.17) is 28.9 Å². The molecule has 0 amide bonds. The highest BCUT2D eigenvalue weighted by Crippen LogP contribution is 2.35. The number of benzene rings is 2. The van der Waals surface area contributed by atoms with Gasteiger partial charge in [-0.05, 0) is 49.6 Å². The van der Waals surface area contributed by atoms with Crippen LogP contribution in [0.25, 0.3) is 22.0 Å². The lowest BCUT2D eigenvalue weighted by molar-refractivity contribution is 1.09. The molecule has 0 fully saturated rings. The number of rotatable bonds is 1. The Kier molecular flexibility index (Phi) is 5.81. The van der Waals surface area contributed by atoms with Crippen molar-refractivity contribution < 1.29 is 0 Å². The first-order chi connectivity index (χ1) is 11.4. The van der Waals surface area contributed by atoms with Crippen molar-refractivity contribution in [3.8, 4) is 11.1 Å².